The van der Waals surface area contributed by atoms with Crippen molar-refractivity contribution >= 4 is 39.0 Å². The van der Waals surface area contributed by atoms with Gasteiger partial charge in [-0.2, -0.15) is 0 Å². The fraction of sp³-hybridized carbons (Fsp3) is 0.143. The number of pyridine rings is 1. The third-order valence-corrected chi connectivity index (χ3v) is 9.16. The van der Waals surface area contributed by atoms with Crippen molar-refractivity contribution in [2.75, 3.05) is 6.61 Å². The Balaban J connectivity index is 1.15. The molecule has 0 fully saturated rings. The van der Waals surface area contributed by atoms with Crippen LogP contribution in [0, 0.1) is 18.7 Å². The lowest BCUT2D eigenvalue weighted by molar-refractivity contribution is 0.0508. The molecule has 6 rings (SSSR count). The number of carbonyl (C=O) groups excluding carboxylic acids is 1. The maximum absolute atomic E-state index is 13.5. The highest BCUT2D eigenvalue weighted by molar-refractivity contribution is 7.90. The lowest BCUT2D eigenvalue weighted by Crippen LogP contribution is -2.31. The summed E-state index contributed by atoms with van der Waals surface area (Å²) >= 11 is 0. The number of fused-ring (bicyclic) bond motifs is 2. The molecule has 0 unspecified atom stereocenters. The van der Waals surface area contributed by atoms with E-state index in [0.717, 1.165) is 16.5 Å². The third-order valence-electron chi connectivity index (χ3n) is 7.67. The summed E-state index contributed by atoms with van der Waals surface area (Å²) in [5, 5.41) is 12.0. The number of sulfonamides is 1. The molecule has 0 saturated carbocycles. The largest absolute Gasteiger partial charge is 0.493 e. The van der Waals surface area contributed by atoms with Gasteiger partial charge in [0.25, 0.3) is 15.9 Å². The zero-order valence-corrected chi connectivity index (χ0v) is 24.6. The first-order valence-electron chi connectivity index (χ1n) is 14.1. The van der Waals surface area contributed by atoms with Crippen molar-refractivity contribution in [1.29, 1.82) is 0 Å². The normalized spacial score (nSPS) is 16.4. The second-order valence-corrected chi connectivity index (χ2v) is 12.5. The highest BCUT2D eigenvalue weighted by atomic mass is 32.2. The van der Waals surface area contributed by atoms with E-state index >= 15 is 0 Å². The van der Waals surface area contributed by atoms with E-state index in [-0.39, 0.29) is 28.8 Å². The Morgan fingerprint density at radius 1 is 1.00 bits per heavy atom. The SMILES string of the molecule is Cc1ccccc1S(=O)(=O)NC(=O)c1cccc(C[C@@H]2COc3ccc(C=Cc4ccc5cc(F)ccc5n4)cc3[C@@H]2O)c1. The minimum absolute atomic E-state index is 0.0464. The number of halogens is 1. The first-order chi connectivity index (χ1) is 21.2. The molecule has 2 N–H and O–H groups in total. The van der Waals surface area contributed by atoms with Crippen LogP contribution in [0.4, 0.5) is 4.39 Å². The smallest absolute Gasteiger partial charge is 0.265 e. The summed E-state index contributed by atoms with van der Waals surface area (Å²) < 4.78 is 47.2. The van der Waals surface area contributed by atoms with Crippen molar-refractivity contribution in [1.82, 2.24) is 9.71 Å². The summed E-state index contributed by atoms with van der Waals surface area (Å²) in [4.78, 5) is 17.5. The zero-order chi connectivity index (χ0) is 30.8. The molecule has 0 radical (unpaired) electrons. The van der Waals surface area contributed by atoms with E-state index in [2.05, 4.69) is 9.71 Å². The molecule has 7 nitrogen and oxygen atoms in total. The first-order valence-corrected chi connectivity index (χ1v) is 15.6. The van der Waals surface area contributed by atoms with E-state index in [4.69, 9.17) is 4.74 Å². The van der Waals surface area contributed by atoms with Crippen molar-refractivity contribution in [3.05, 3.63) is 136 Å². The molecule has 9 heteroatoms. The predicted molar refractivity (Wildman–Crippen MR) is 167 cm³/mol. The fourth-order valence-electron chi connectivity index (χ4n) is 5.37. The molecule has 2 heterocycles. The molecule has 1 aliphatic heterocycles. The number of amides is 1. The van der Waals surface area contributed by atoms with Gasteiger partial charge in [0.05, 0.1) is 28.8 Å². The molecule has 1 amide bonds. The summed E-state index contributed by atoms with van der Waals surface area (Å²) in [6.07, 6.45) is 3.34. The average Bonchev–Trinajstić information content (AvgIpc) is 3.01. The molecule has 0 bridgehead atoms. The van der Waals surface area contributed by atoms with Crippen LogP contribution in [-0.4, -0.2) is 31.0 Å². The van der Waals surface area contributed by atoms with Gasteiger partial charge in [-0.3, -0.25) is 4.79 Å². The maximum atomic E-state index is 13.5. The van der Waals surface area contributed by atoms with E-state index in [1.54, 1.807) is 49.4 Å². The van der Waals surface area contributed by atoms with Crippen molar-refractivity contribution < 1.29 is 27.4 Å². The second kappa shape index (κ2) is 12.0. The summed E-state index contributed by atoms with van der Waals surface area (Å²) in [5.74, 6) is -0.728. The second-order valence-electron chi connectivity index (χ2n) is 10.8. The lowest BCUT2D eigenvalue weighted by Gasteiger charge is -2.30. The van der Waals surface area contributed by atoms with E-state index in [1.807, 2.05) is 48.6 Å². The van der Waals surface area contributed by atoms with Gasteiger partial charge < -0.3 is 9.84 Å². The predicted octanol–water partition coefficient (Wildman–Crippen LogP) is 6.26. The highest BCUT2D eigenvalue weighted by Crippen LogP contribution is 2.38. The third kappa shape index (κ3) is 6.24. The molecule has 2 atom stereocenters. The van der Waals surface area contributed by atoms with Crippen LogP contribution in [0.2, 0.25) is 0 Å². The molecule has 222 valence electrons. The number of nitrogens with zero attached hydrogens (tertiary/aromatic N) is 1. The van der Waals surface area contributed by atoms with Crippen molar-refractivity contribution in [2.45, 2.75) is 24.3 Å². The van der Waals surface area contributed by atoms with Gasteiger partial charge in [0.1, 0.15) is 11.6 Å². The summed E-state index contributed by atoms with van der Waals surface area (Å²) in [7, 11) is -4.04. The average molecular weight is 609 g/mol. The van der Waals surface area contributed by atoms with Gasteiger partial charge in [-0.25, -0.2) is 22.5 Å². The number of aryl methyl sites for hydroxylation is 1. The van der Waals surface area contributed by atoms with Crippen molar-refractivity contribution in [3.63, 3.8) is 0 Å². The van der Waals surface area contributed by atoms with Crippen LogP contribution < -0.4 is 9.46 Å². The number of hydrogen-bond acceptors (Lipinski definition) is 6. The number of ether oxygens (including phenoxy) is 1. The Labute approximate surface area is 254 Å². The molecule has 1 aromatic heterocycles. The van der Waals surface area contributed by atoms with Crippen LogP contribution in [-0.2, 0) is 16.4 Å². The van der Waals surface area contributed by atoms with Crippen LogP contribution in [0.1, 0.15) is 44.4 Å². The van der Waals surface area contributed by atoms with Crippen LogP contribution in [0.15, 0.2) is 102 Å². The quantitative estimate of drug-likeness (QED) is 0.226. The topological polar surface area (TPSA) is 106 Å². The van der Waals surface area contributed by atoms with E-state index in [0.29, 0.717) is 34.5 Å². The van der Waals surface area contributed by atoms with Gasteiger partial charge in [-0.05, 0) is 90.7 Å². The van der Waals surface area contributed by atoms with Crippen LogP contribution in [0.5, 0.6) is 5.75 Å². The number of aromatic nitrogens is 1. The molecule has 0 saturated heterocycles. The number of benzene rings is 4. The van der Waals surface area contributed by atoms with Crippen LogP contribution >= 0.6 is 0 Å². The van der Waals surface area contributed by atoms with Gasteiger partial charge in [0.2, 0.25) is 0 Å². The number of rotatable bonds is 7. The molecular weight excluding hydrogens is 579 g/mol. The number of aliphatic hydroxyl groups is 1. The zero-order valence-electron chi connectivity index (χ0n) is 23.8. The first kappa shape index (κ1) is 29.2. The standard InChI is InChI=1S/C35H29FN2O5S/c1-22-5-2-3-8-33(22)44(41,42)38-35(40)26-7-4-6-24(17-26)18-27-21-43-32-16-10-23(19-30(32)34(27)39)9-13-29-14-11-25-20-28(36)12-15-31(25)37-29/h2-17,19-20,27,34,39H,18,21H2,1H3,(H,38,40)/t27-,34-/m1/s1. The number of carbonyl (C=O) groups is 1. The molecule has 5 aromatic rings. The molecule has 1 aliphatic rings. The summed E-state index contributed by atoms with van der Waals surface area (Å²) in [6.45, 7) is 1.95. The molecular formula is C35H29FN2O5S. The minimum atomic E-state index is -4.04. The number of aliphatic hydroxyl groups excluding tert-OH is 1. The van der Waals surface area contributed by atoms with E-state index in [1.165, 1.54) is 18.2 Å². The van der Waals surface area contributed by atoms with Crippen LogP contribution in [0.3, 0.4) is 0 Å². The van der Waals surface area contributed by atoms with Crippen LogP contribution in [0.25, 0.3) is 23.1 Å². The van der Waals surface area contributed by atoms with Gasteiger partial charge >= 0.3 is 0 Å². The fourth-order valence-corrected chi connectivity index (χ4v) is 6.59. The van der Waals surface area contributed by atoms with E-state index in [9.17, 15) is 22.7 Å². The Morgan fingerprint density at radius 3 is 2.68 bits per heavy atom. The Morgan fingerprint density at radius 2 is 1.84 bits per heavy atom. The minimum Gasteiger partial charge on any atom is -0.493 e. The number of nitrogens with one attached hydrogen (secondary N) is 1. The lowest BCUT2D eigenvalue weighted by atomic mass is 9.87. The van der Waals surface area contributed by atoms with Crippen molar-refractivity contribution in [2.24, 2.45) is 5.92 Å². The monoisotopic (exact) mass is 608 g/mol. The highest BCUT2D eigenvalue weighted by Gasteiger charge is 2.30. The van der Waals surface area contributed by atoms with Gasteiger partial charge in [-0.1, -0.05) is 48.5 Å². The maximum Gasteiger partial charge on any atom is 0.265 e. The Kier molecular flexibility index (Phi) is 7.99. The Hall–Kier alpha value is -4.86. The summed E-state index contributed by atoms with van der Waals surface area (Å²) in [5.41, 5.74) is 4.42. The number of hydrogen-bond donors (Lipinski definition) is 2. The molecule has 44 heavy (non-hydrogen) atoms. The van der Waals surface area contributed by atoms with Crippen molar-refractivity contribution in [3.8, 4) is 5.75 Å². The van der Waals surface area contributed by atoms with Gasteiger partial charge in [0, 0.05) is 22.4 Å². The van der Waals surface area contributed by atoms with Gasteiger partial charge in [-0.15, -0.1) is 0 Å². The van der Waals surface area contributed by atoms with E-state index < -0.39 is 22.0 Å². The summed E-state index contributed by atoms with van der Waals surface area (Å²) in [6, 6.07) is 26.9. The molecule has 0 spiro atoms. The Bertz CT molecular complexity index is 2030. The van der Waals surface area contributed by atoms with Gasteiger partial charge in [0.15, 0.2) is 0 Å². The molecule has 0 aliphatic carbocycles. The molecule has 4 aromatic carbocycles.